The first-order valence-corrected chi connectivity index (χ1v) is 12.3. The van der Waals surface area contributed by atoms with Crippen LogP contribution in [0.25, 0.3) is 6.08 Å². The Morgan fingerprint density at radius 2 is 1.82 bits per heavy atom. The minimum Gasteiger partial charge on any atom is -0.478 e. The fourth-order valence-electron chi connectivity index (χ4n) is 5.90. The summed E-state index contributed by atoms with van der Waals surface area (Å²) in [7, 11) is 0. The van der Waals surface area contributed by atoms with E-state index in [-0.39, 0.29) is 6.04 Å². The number of carbonyl (C=O) groups excluding carboxylic acids is 1. The molecule has 1 aromatic rings. The second-order valence-electron chi connectivity index (χ2n) is 12.5. The third-order valence-corrected chi connectivity index (χ3v) is 6.64. The predicted molar refractivity (Wildman–Crippen MR) is 135 cm³/mol. The first-order valence-electron chi connectivity index (χ1n) is 12.3. The second kappa shape index (κ2) is 9.68. The SMILES string of the molecule is CC1(C)CC(N2CC[C@@H](N(C(=O)OC(C)(C)C)c3ccc(C=CC(=O)O)cn3)C2)CC(C)(C)C1. The molecule has 1 aliphatic heterocycles. The number of hydrogen-bond donors (Lipinski definition) is 1. The van der Waals surface area contributed by atoms with Gasteiger partial charge in [-0.2, -0.15) is 0 Å². The monoisotopic (exact) mass is 471 g/mol. The van der Waals surface area contributed by atoms with E-state index < -0.39 is 17.7 Å². The van der Waals surface area contributed by atoms with Gasteiger partial charge in [-0.1, -0.05) is 27.7 Å². The fraction of sp³-hybridized carbons (Fsp3) is 0.667. The lowest BCUT2D eigenvalue weighted by Crippen LogP contribution is -2.48. The predicted octanol–water partition coefficient (Wildman–Crippen LogP) is 5.60. The van der Waals surface area contributed by atoms with Crippen LogP contribution in [0.2, 0.25) is 0 Å². The lowest BCUT2D eigenvalue weighted by Gasteiger charge is -2.48. The van der Waals surface area contributed by atoms with Gasteiger partial charge < -0.3 is 9.84 Å². The Bertz CT molecular complexity index is 899. The van der Waals surface area contributed by atoms with Gasteiger partial charge in [-0.05, 0) is 81.1 Å². The Morgan fingerprint density at radius 1 is 1.18 bits per heavy atom. The van der Waals surface area contributed by atoms with Gasteiger partial charge in [0.2, 0.25) is 0 Å². The van der Waals surface area contributed by atoms with Crippen LogP contribution in [0.15, 0.2) is 24.4 Å². The van der Waals surface area contributed by atoms with E-state index in [1.807, 2.05) is 20.8 Å². The first kappa shape index (κ1) is 26.2. The summed E-state index contributed by atoms with van der Waals surface area (Å²) in [6.45, 7) is 16.8. The van der Waals surface area contributed by atoms with E-state index >= 15 is 0 Å². The highest BCUT2D eigenvalue weighted by molar-refractivity contribution is 5.88. The number of aliphatic carboxylic acids is 1. The third kappa shape index (κ3) is 7.05. The molecular weight excluding hydrogens is 430 g/mol. The normalized spacial score (nSPS) is 23.2. The summed E-state index contributed by atoms with van der Waals surface area (Å²) in [5.74, 6) is -0.488. The maximum Gasteiger partial charge on any atom is 0.416 e. The quantitative estimate of drug-likeness (QED) is 0.563. The van der Waals surface area contributed by atoms with Crippen molar-refractivity contribution in [3.8, 4) is 0 Å². The molecule has 1 saturated carbocycles. The Kier molecular flexibility index (Phi) is 7.46. The number of pyridine rings is 1. The van der Waals surface area contributed by atoms with Crippen LogP contribution in [0.1, 0.15) is 79.7 Å². The highest BCUT2D eigenvalue weighted by Gasteiger charge is 2.44. The number of anilines is 1. The first-order chi connectivity index (χ1) is 15.6. The minimum atomic E-state index is -1.01. The van der Waals surface area contributed by atoms with Crippen molar-refractivity contribution >= 4 is 24.0 Å². The van der Waals surface area contributed by atoms with Crippen LogP contribution in [0.4, 0.5) is 10.6 Å². The minimum absolute atomic E-state index is 0.0316. The van der Waals surface area contributed by atoms with Crippen molar-refractivity contribution < 1.29 is 19.4 Å². The molecular formula is C27H41N3O4. The number of likely N-dealkylation sites (tertiary alicyclic amines) is 1. The molecule has 34 heavy (non-hydrogen) atoms. The molecule has 0 radical (unpaired) electrons. The highest BCUT2D eigenvalue weighted by atomic mass is 16.6. The molecule has 1 atom stereocenters. The molecule has 3 rings (SSSR count). The number of hydrogen-bond acceptors (Lipinski definition) is 5. The number of carboxylic acids is 1. The van der Waals surface area contributed by atoms with Crippen LogP contribution in [0.3, 0.4) is 0 Å². The molecule has 1 aliphatic carbocycles. The van der Waals surface area contributed by atoms with Gasteiger partial charge in [-0.25, -0.2) is 14.6 Å². The topological polar surface area (TPSA) is 83.0 Å². The third-order valence-electron chi connectivity index (χ3n) is 6.64. The standard InChI is InChI=1S/C27H41N3O4/c1-25(2,3)34-24(33)30(22-10-8-19(16-28-22)9-11-23(31)32)20-12-13-29(17-20)21-14-26(4,5)18-27(6,7)15-21/h8-11,16,20-21H,12-15,17-18H2,1-7H3,(H,31,32)/t20-/m1/s1. The highest BCUT2D eigenvalue weighted by Crippen LogP contribution is 2.47. The van der Waals surface area contributed by atoms with Gasteiger partial charge in [-0.15, -0.1) is 0 Å². The zero-order chi connectivity index (χ0) is 25.3. The summed E-state index contributed by atoms with van der Waals surface area (Å²) in [6.07, 6.45) is 8.17. The van der Waals surface area contributed by atoms with Crippen molar-refractivity contribution in [1.82, 2.24) is 9.88 Å². The van der Waals surface area contributed by atoms with Gasteiger partial charge in [0.1, 0.15) is 11.4 Å². The summed E-state index contributed by atoms with van der Waals surface area (Å²) in [6, 6.07) is 4.01. The van der Waals surface area contributed by atoms with Gasteiger partial charge in [-0.3, -0.25) is 9.80 Å². The van der Waals surface area contributed by atoms with E-state index in [9.17, 15) is 9.59 Å². The lowest BCUT2D eigenvalue weighted by molar-refractivity contribution is -0.131. The van der Waals surface area contributed by atoms with E-state index in [1.54, 1.807) is 23.2 Å². The lowest BCUT2D eigenvalue weighted by atomic mass is 9.63. The molecule has 2 heterocycles. The van der Waals surface area contributed by atoms with Crippen molar-refractivity contribution in [1.29, 1.82) is 0 Å². The summed E-state index contributed by atoms with van der Waals surface area (Å²) in [5.41, 5.74) is 0.650. The number of carbonyl (C=O) groups is 2. The molecule has 2 aliphatic rings. The zero-order valence-corrected chi connectivity index (χ0v) is 21.8. The smallest absolute Gasteiger partial charge is 0.416 e. The van der Waals surface area contributed by atoms with Crippen molar-refractivity contribution in [2.24, 2.45) is 10.8 Å². The number of aromatic nitrogens is 1. The van der Waals surface area contributed by atoms with E-state index in [0.29, 0.717) is 28.3 Å². The number of rotatable bonds is 5. The molecule has 0 unspecified atom stereocenters. The van der Waals surface area contributed by atoms with E-state index in [2.05, 4.69) is 37.6 Å². The molecule has 2 fully saturated rings. The van der Waals surface area contributed by atoms with Crippen molar-refractivity contribution in [2.75, 3.05) is 18.0 Å². The molecule has 1 saturated heterocycles. The Hall–Kier alpha value is -2.41. The molecule has 1 amide bonds. The molecule has 7 heteroatoms. The maximum atomic E-state index is 13.3. The Balaban J connectivity index is 1.82. The van der Waals surface area contributed by atoms with E-state index in [1.165, 1.54) is 25.3 Å². The van der Waals surface area contributed by atoms with Crippen LogP contribution in [0.5, 0.6) is 0 Å². The largest absolute Gasteiger partial charge is 0.478 e. The summed E-state index contributed by atoms with van der Waals surface area (Å²) in [5, 5.41) is 8.86. The summed E-state index contributed by atoms with van der Waals surface area (Å²) >= 11 is 0. The molecule has 0 aromatic carbocycles. The number of carboxylic acid groups (broad SMARTS) is 1. The van der Waals surface area contributed by atoms with Crippen LogP contribution in [-0.2, 0) is 9.53 Å². The van der Waals surface area contributed by atoms with Crippen molar-refractivity contribution in [3.05, 3.63) is 30.0 Å². The molecule has 7 nitrogen and oxygen atoms in total. The van der Waals surface area contributed by atoms with Crippen LogP contribution in [-0.4, -0.2) is 57.8 Å². The average Bonchev–Trinajstić information content (AvgIpc) is 3.13. The number of amides is 1. The van der Waals surface area contributed by atoms with Gasteiger partial charge in [0.05, 0.1) is 6.04 Å². The second-order valence-corrected chi connectivity index (χ2v) is 12.5. The summed E-state index contributed by atoms with van der Waals surface area (Å²) < 4.78 is 5.76. The zero-order valence-electron chi connectivity index (χ0n) is 21.8. The van der Waals surface area contributed by atoms with Gasteiger partial charge in [0.25, 0.3) is 0 Å². The molecule has 188 valence electrons. The van der Waals surface area contributed by atoms with E-state index in [4.69, 9.17) is 9.84 Å². The number of nitrogens with zero attached hydrogens (tertiary/aromatic N) is 3. The molecule has 1 N–H and O–H groups in total. The number of ether oxygens (including phenoxy) is 1. The van der Waals surface area contributed by atoms with Gasteiger partial charge in [0.15, 0.2) is 0 Å². The van der Waals surface area contributed by atoms with Crippen LogP contribution in [0, 0.1) is 10.8 Å². The average molecular weight is 472 g/mol. The molecule has 1 aromatic heterocycles. The maximum absolute atomic E-state index is 13.3. The van der Waals surface area contributed by atoms with Crippen LogP contribution >= 0.6 is 0 Å². The van der Waals surface area contributed by atoms with Crippen molar-refractivity contribution in [2.45, 2.75) is 91.8 Å². The van der Waals surface area contributed by atoms with Crippen LogP contribution < -0.4 is 4.90 Å². The van der Waals surface area contributed by atoms with Crippen molar-refractivity contribution in [3.63, 3.8) is 0 Å². The molecule has 0 bridgehead atoms. The summed E-state index contributed by atoms with van der Waals surface area (Å²) in [4.78, 5) is 32.8. The Labute approximate surface area is 204 Å². The Morgan fingerprint density at radius 3 is 2.35 bits per heavy atom. The van der Waals surface area contributed by atoms with Gasteiger partial charge in [0, 0.05) is 31.4 Å². The van der Waals surface area contributed by atoms with Gasteiger partial charge >= 0.3 is 12.1 Å². The molecule has 0 spiro atoms. The van der Waals surface area contributed by atoms with E-state index in [0.717, 1.165) is 25.6 Å². The fourth-order valence-corrected chi connectivity index (χ4v) is 5.90.